The third-order valence-corrected chi connectivity index (χ3v) is 4.36. The van der Waals surface area contributed by atoms with Crippen molar-refractivity contribution in [3.63, 3.8) is 0 Å². The van der Waals surface area contributed by atoms with Gasteiger partial charge in [0.15, 0.2) is 0 Å². The van der Waals surface area contributed by atoms with Gasteiger partial charge in [0.25, 0.3) is 0 Å². The minimum atomic E-state index is 0.0298. The minimum Gasteiger partial charge on any atom is -0.396 e. The zero-order chi connectivity index (χ0) is 13.7. The van der Waals surface area contributed by atoms with E-state index in [0.717, 1.165) is 42.1 Å². The SMILES string of the molecule is CCc1nc(Br)cc(NCC2(CO)CCCCC2)n1. The summed E-state index contributed by atoms with van der Waals surface area (Å²) in [5.41, 5.74) is 0.0298. The third kappa shape index (κ3) is 3.89. The molecule has 1 aliphatic rings. The highest BCUT2D eigenvalue weighted by Crippen LogP contribution is 2.35. The highest BCUT2D eigenvalue weighted by atomic mass is 79.9. The Labute approximate surface area is 123 Å². The van der Waals surface area contributed by atoms with Crippen LogP contribution in [-0.2, 0) is 6.42 Å². The Morgan fingerprint density at radius 3 is 2.68 bits per heavy atom. The number of aliphatic hydroxyl groups is 1. The summed E-state index contributed by atoms with van der Waals surface area (Å²) in [6, 6.07) is 1.90. The lowest BCUT2D eigenvalue weighted by atomic mass is 9.74. The number of nitrogens with one attached hydrogen (secondary N) is 1. The Hall–Kier alpha value is -0.680. The molecule has 0 radical (unpaired) electrons. The monoisotopic (exact) mass is 327 g/mol. The van der Waals surface area contributed by atoms with Crippen molar-refractivity contribution in [2.45, 2.75) is 45.4 Å². The van der Waals surface area contributed by atoms with Gasteiger partial charge in [-0.15, -0.1) is 0 Å². The zero-order valence-corrected chi connectivity index (χ0v) is 13.0. The molecule has 106 valence electrons. The fraction of sp³-hybridized carbons (Fsp3) is 0.714. The van der Waals surface area contributed by atoms with Crippen LogP contribution in [0, 0.1) is 5.41 Å². The zero-order valence-electron chi connectivity index (χ0n) is 11.5. The molecule has 0 atom stereocenters. The largest absolute Gasteiger partial charge is 0.396 e. The molecule has 0 spiro atoms. The number of nitrogens with zero attached hydrogens (tertiary/aromatic N) is 2. The molecule has 19 heavy (non-hydrogen) atoms. The van der Waals surface area contributed by atoms with Crippen LogP contribution in [0.3, 0.4) is 0 Å². The topological polar surface area (TPSA) is 58.0 Å². The lowest BCUT2D eigenvalue weighted by Crippen LogP contribution is -2.35. The van der Waals surface area contributed by atoms with Gasteiger partial charge < -0.3 is 10.4 Å². The van der Waals surface area contributed by atoms with E-state index < -0.39 is 0 Å². The average Bonchev–Trinajstić information content (AvgIpc) is 2.45. The summed E-state index contributed by atoms with van der Waals surface area (Å²) in [5.74, 6) is 1.68. The Bertz CT molecular complexity index is 419. The van der Waals surface area contributed by atoms with E-state index in [4.69, 9.17) is 0 Å². The average molecular weight is 328 g/mol. The molecule has 0 aliphatic heterocycles. The van der Waals surface area contributed by atoms with Crippen LogP contribution in [0.25, 0.3) is 0 Å². The number of halogens is 1. The first-order valence-electron chi connectivity index (χ1n) is 7.06. The molecule has 0 bridgehead atoms. The molecular formula is C14H22BrN3O. The second-order valence-corrected chi connectivity index (χ2v) is 6.23. The second kappa shape index (κ2) is 6.66. The van der Waals surface area contributed by atoms with Crippen LogP contribution in [0.1, 0.15) is 44.9 Å². The molecule has 5 heteroatoms. The standard InChI is InChI=1S/C14H22BrN3O/c1-2-12-17-11(15)8-13(18-12)16-9-14(10-19)6-4-3-5-7-14/h8,19H,2-7,9-10H2,1H3,(H,16,17,18). The first-order valence-corrected chi connectivity index (χ1v) is 7.85. The first-order chi connectivity index (χ1) is 9.17. The van der Waals surface area contributed by atoms with Gasteiger partial charge in [-0.2, -0.15) is 0 Å². The summed E-state index contributed by atoms with van der Waals surface area (Å²) >= 11 is 3.41. The molecule has 0 aromatic carbocycles. The van der Waals surface area contributed by atoms with Crippen LogP contribution < -0.4 is 5.32 Å². The number of aliphatic hydroxyl groups excluding tert-OH is 1. The second-order valence-electron chi connectivity index (χ2n) is 5.42. The molecule has 0 saturated heterocycles. The predicted octanol–water partition coefficient (Wildman–Crippen LogP) is 3.16. The maximum Gasteiger partial charge on any atom is 0.131 e. The van der Waals surface area contributed by atoms with Gasteiger partial charge in [-0.3, -0.25) is 0 Å². The first kappa shape index (κ1) is 14.7. The predicted molar refractivity (Wildman–Crippen MR) is 80.2 cm³/mol. The van der Waals surface area contributed by atoms with Gasteiger partial charge in [-0.05, 0) is 28.8 Å². The molecule has 0 amide bonds. The van der Waals surface area contributed by atoms with Crippen molar-refractivity contribution in [2.24, 2.45) is 5.41 Å². The number of hydrogen-bond donors (Lipinski definition) is 2. The maximum atomic E-state index is 9.69. The quantitative estimate of drug-likeness (QED) is 0.815. The molecule has 1 aromatic rings. The van der Waals surface area contributed by atoms with Crippen LogP contribution in [0.5, 0.6) is 0 Å². The lowest BCUT2D eigenvalue weighted by molar-refractivity contribution is 0.0943. The summed E-state index contributed by atoms with van der Waals surface area (Å²) in [7, 11) is 0. The molecule has 1 fully saturated rings. The van der Waals surface area contributed by atoms with Crippen molar-refractivity contribution in [1.82, 2.24) is 9.97 Å². The van der Waals surface area contributed by atoms with Gasteiger partial charge in [0.2, 0.25) is 0 Å². The molecule has 4 nitrogen and oxygen atoms in total. The Morgan fingerprint density at radius 1 is 1.32 bits per heavy atom. The van der Waals surface area contributed by atoms with E-state index in [2.05, 4.69) is 31.2 Å². The Morgan fingerprint density at radius 2 is 2.05 bits per heavy atom. The molecule has 2 rings (SSSR count). The molecule has 1 aromatic heterocycles. The van der Waals surface area contributed by atoms with Gasteiger partial charge in [0.1, 0.15) is 16.2 Å². The molecule has 2 N–H and O–H groups in total. The summed E-state index contributed by atoms with van der Waals surface area (Å²) in [6.07, 6.45) is 6.75. The van der Waals surface area contributed by atoms with Gasteiger partial charge >= 0.3 is 0 Å². The smallest absolute Gasteiger partial charge is 0.131 e. The molecule has 1 aliphatic carbocycles. The number of rotatable bonds is 5. The molecule has 0 unspecified atom stereocenters. The Balaban J connectivity index is 2.02. The molecule has 1 heterocycles. The third-order valence-electron chi connectivity index (χ3n) is 3.95. The van der Waals surface area contributed by atoms with Gasteiger partial charge in [0.05, 0.1) is 6.61 Å². The van der Waals surface area contributed by atoms with Crippen molar-refractivity contribution >= 4 is 21.7 Å². The van der Waals surface area contributed by atoms with Crippen molar-refractivity contribution in [1.29, 1.82) is 0 Å². The van der Waals surface area contributed by atoms with E-state index >= 15 is 0 Å². The molecule has 1 saturated carbocycles. The summed E-state index contributed by atoms with van der Waals surface area (Å²) < 4.78 is 0.809. The van der Waals surface area contributed by atoms with Crippen molar-refractivity contribution in [3.05, 3.63) is 16.5 Å². The van der Waals surface area contributed by atoms with E-state index in [-0.39, 0.29) is 12.0 Å². The molecular weight excluding hydrogens is 306 g/mol. The Kier molecular flexibility index (Phi) is 5.16. The van der Waals surface area contributed by atoms with Crippen LogP contribution in [0.15, 0.2) is 10.7 Å². The van der Waals surface area contributed by atoms with Gasteiger partial charge in [0, 0.05) is 24.4 Å². The van der Waals surface area contributed by atoms with Gasteiger partial charge in [-0.1, -0.05) is 26.2 Å². The van der Waals surface area contributed by atoms with Crippen LogP contribution in [-0.4, -0.2) is 28.2 Å². The number of hydrogen-bond acceptors (Lipinski definition) is 4. The van der Waals surface area contributed by atoms with Crippen molar-refractivity contribution < 1.29 is 5.11 Å². The summed E-state index contributed by atoms with van der Waals surface area (Å²) in [5, 5.41) is 13.1. The van der Waals surface area contributed by atoms with E-state index in [1.165, 1.54) is 19.3 Å². The highest BCUT2D eigenvalue weighted by Gasteiger charge is 2.31. The van der Waals surface area contributed by atoms with Crippen molar-refractivity contribution in [2.75, 3.05) is 18.5 Å². The van der Waals surface area contributed by atoms with Crippen LogP contribution in [0.4, 0.5) is 5.82 Å². The number of aromatic nitrogens is 2. The minimum absolute atomic E-state index is 0.0298. The van der Waals surface area contributed by atoms with Gasteiger partial charge in [-0.25, -0.2) is 9.97 Å². The summed E-state index contributed by atoms with van der Waals surface area (Å²) in [6.45, 7) is 3.09. The number of aryl methyl sites for hydroxylation is 1. The fourth-order valence-corrected chi connectivity index (χ4v) is 3.11. The number of anilines is 1. The lowest BCUT2D eigenvalue weighted by Gasteiger charge is -2.35. The van der Waals surface area contributed by atoms with Crippen LogP contribution in [0.2, 0.25) is 0 Å². The maximum absolute atomic E-state index is 9.69. The van der Waals surface area contributed by atoms with E-state index in [0.29, 0.717) is 0 Å². The summed E-state index contributed by atoms with van der Waals surface area (Å²) in [4.78, 5) is 8.77. The van der Waals surface area contributed by atoms with Crippen molar-refractivity contribution in [3.8, 4) is 0 Å². The van der Waals surface area contributed by atoms with E-state index in [1.54, 1.807) is 0 Å². The van der Waals surface area contributed by atoms with Crippen LogP contribution >= 0.6 is 15.9 Å². The van der Waals surface area contributed by atoms with E-state index in [1.807, 2.05) is 13.0 Å². The normalized spacial score (nSPS) is 18.3. The van der Waals surface area contributed by atoms with E-state index in [9.17, 15) is 5.11 Å². The highest BCUT2D eigenvalue weighted by molar-refractivity contribution is 9.10. The fourth-order valence-electron chi connectivity index (χ4n) is 2.68.